The van der Waals surface area contributed by atoms with Crippen LogP contribution in [0, 0.1) is 13.8 Å². The summed E-state index contributed by atoms with van der Waals surface area (Å²) < 4.78 is 15.2. The van der Waals surface area contributed by atoms with Gasteiger partial charge in [0.05, 0.1) is 7.11 Å². The Hall–Kier alpha value is -3.02. The van der Waals surface area contributed by atoms with Crippen molar-refractivity contribution >= 4 is 17.6 Å². The summed E-state index contributed by atoms with van der Waals surface area (Å²) in [6.07, 6.45) is 0. The molecule has 6 heteroatoms. The molecular weight excluding hydrogens is 322 g/mol. The smallest absolute Gasteiger partial charge is 0.344 e. The third kappa shape index (κ3) is 5.53. The maximum Gasteiger partial charge on any atom is 0.344 e. The molecule has 0 fully saturated rings. The summed E-state index contributed by atoms with van der Waals surface area (Å²) in [4.78, 5) is 23.5. The molecule has 0 atom stereocenters. The van der Waals surface area contributed by atoms with E-state index >= 15 is 0 Å². The standard InChI is InChI=1S/C19H21NO5/c1-13-5-4-6-17(14(13)2)20-18(21)11-25-19(22)12-24-16-9-7-15(23-3)8-10-16/h4-10H,11-12H2,1-3H3,(H,20,21). The number of benzene rings is 2. The second kappa shape index (κ2) is 8.73. The molecule has 1 amide bonds. The van der Waals surface area contributed by atoms with Gasteiger partial charge in [-0.25, -0.2) is 4.79 Å². The van der Waals surface area contributed by atoms with E-state index in [0.717, 1.165) is 11.1 Å². The summed E-state index contributed by atoms with van der Waals surface area (Å²) in [7, 11) is 1.57. The SMILES string of the molecule is COc1ccc(OCC(=O)OCC(=O)Nc2cccc(C)c2C)cc1. The second-order valence-corrected chi connectivity index (χ2v) is 5.42. The maximum absolute atomic E-state index is 11.9. The highest BCUT2D eigenvalue weighted by atomic mass is 16.6. The number of esters is 1. The first-order chi connectivity index (χ1) is 12.0. The Bertz CT molecular complexity index is 740. The van der Waals surface area contributed by atoms with E-state index in [1.165, 1.54) is 0 Å². The van der Waals surface area contributed by atoms with Crippen molar-refractivity contribution in [3.63, 3.8) is 0 Å². The van der Waals surface area contributed by atoms with Gasteiger partial charge in [0.15, 0.2) is 13.2 Å². The first-order valence-electron chi connectivity index (χ1n) is 7.78. The minimum atomic E-state index is -0.619. The van der Waals surface area contributed by atoms with Gasteiger partial charge in [-0.1, -0.05) is 12.1 Å². The highest BCUT2D eigenvalue weighted by Crippen LogP contribution is 2.18. The van der Waals surface area contributed by atoms with E-state index in [-0.39, 0.29) is 13.2 Å². The number of aryl methyl sites for hydroxylation is 1. The van der Waals surface area contributed by atoms with Crippen molar-refractivity contribution in [2.45, 2.75) is 13.8 Å². The summed E-state index contributed by atoms with van der Waals surface area (Å²) in [5.74, 6) is 0.189. The molecule has 25 heavy (non-hydrogen) atoms. The van der Waals surface area contributed by atoms with E-state index < -0.39 is 11.9 Å². The average molecular weight is 343 g/mol. The van der Waals surface area contributed by atoms with E-state index in [4.69, 9.17) is 14.2 Å². The molecule has 0 aliphatic heterocycles. The van der Waals surface area contributed by atoms with Crippen LogP contribution in [0.4, 0.5) is 5.69 Å². The number of ether oxygens (including phenoxy) is 3. The number of anilines is 1. The third-order valence-corrected chi connectivity index (χ3v) is 3.66. The minimum Gasteiger partial charge on any atom is -0.497 e. The highest BCUT2D eigenvalue weighted by molar-refractivity contribution is 5.93. The zero-order valence-corrected chi connectivity index (χ0v) is 14.5. The van der Waals surface area contributed by atoms with Crippen LogP contribution in [0.1, 0.15) is 11.1 Å². The molecule has 132 valence electrons. The summed E-state index contributed by atoms with van der Waals surface area (Å²) in [6.45, 7) is 3.24. The summed E-state index contributed by atoms with van der Waals surface area (Å²) in [6, 6.07) is 12.4. The van der Waals surface area contributed by atoms with E-state index in [0.29, 0.717) is 17.2 Å². The van der Waals surface area contributed by atoms with E-state index in [1.807, 2.05) is 26.0 Å². The Balaban J connectivity index is 1.75. The molecule has 0 spiro atoms. The van der Waals surface area contributed by atoms with Crippen molar-refractivity contribution in [2.24, 2.45) is 0 Å². The topological polar surface area (TPSA) is 73.9 Å². The molecule has 0 aliphatic carbocycles. The fourth-order valence-electron chi connectivity index (χ4n) is 2.07. The maximum atomic E-state index is 11.9. The van der Waals surface area contributed by atoms with Crippen molar-refractivity contribution in [2.75, 3.05) is 25.6 Å². The molecule has 0 radical (unpaired) electrons. The van der Waals surface area contributed by atoms with E-state index in [9.17, 15) is 9.59 Å². The second-order valence-electron chi connectivity index (χ2n) is 5.42. The summed E-state index contributed by atoms with van der Waals surface area (Å²) >= 11 is 0. The number of methoxy groups -OCH3 is 1. The van der Waals surface area contributed by atoms with Crippen LogP contribution in [0.5, 0.6) is 11.5 Å². The van der Waals surface area contributed by atoms with Crippen LogP contribution >= 0.6 is 0 Å². The summed E-state index contributed by atoms with van der Waals surface area (Å²) in [5, 5.41) is 2.72. The molecule has 0 aromatic heterocycles. The van der Waals surface area contributed by atoms with Crippen LogP contribution in [0.15, 0.2) is 42.5 Å². The quantitative estimate of drug-likeness (QED) is 0.783. The zero-order valence-electron chi connectivity index (χ0n) is 14.5. The normalized spacial score (nSPS) is 10.0. The first kappa shape index (κ1) is 18.3. The van der Waals surface area contributed by atoms with Crippen LogP contribution < -0.4 is 14.8 Å². The molecule has 2 aromatic rings. The lowest BCUT2D eigenvalue weighted by Gasteiger charge is -2.11. The van der Waals surface area contributed by atoms with E-state index in [2.05, 4.69) is 5.32 Å². The first-order valence-corrected chi connectivity index (χ1v) is 7.78. The van der Waals surface area contributed by atoms with Gasteiger partial charge >= 0.3 is 5.97 Å². The van der Waals surface area contributed by atoms with Crippen LogP contribution in [-0.4, -0.2) is 32.2 Å². The molecule has 0 saturated carbocycles. The molecule has 2 aromatic carbocycles. The number of rotatable bonds is 7. The van der Waals surface area contributed by atoms with Gasteiger partial charge < -0.3 is 19.5 Å². The fourth-order valence-corrected chi connectivity index (χ4v) is 2.07. The van der Waals surface area contributed by atoms with Gasteiger partial charge in [-0.05, 0) is 55.3 Å². The lowest BCUT2D eigenvalue weighted by Crippen LogP contribution is -2.24. The molecule has 1 N–H and O–H groups in total. The molecular formula is C19H21NO5. The van der Waals surface area contributed by atoms with Crippen molar-refractivity contribution in [1.29, 1.82) is 0 Å². The number of carbonyl (C=O) groups excluding carboxylic acids is 2. The monoisotopic (exact) mass is 343 g/mol. The molecule has 0 unspecified atom stereocenters. The lowest BCUT2D eigenvalue weighted by molar-refractivity contribution is -0.149. The van der Waals surface area contributed by atoms with Crippen molar-refractivity contribution in [3.05, 3.63) is 53.6 Å². The number of carbonyl (C=O) groups is 2. The Morgan fingerprint density at radius 2 is 1.64 bits per heavy atom. The lowest BCUT2D eigenvalue weighted by atomic mass is 10.1. The molecule has 0 saturated heterocycles. The number of amides is 1. The van der Waals surface area contributed by atoms with Gasteiger partial charge in [-0.3, -0.25) is 4.79 Å². The van der Waals surface area contributed by atoms with Crippen LogP contribution in [-0.2, 0) is 14.3 Å². The van der Waals surface area contributed by atoms with Gasteiger partial charge in [0, 0.05) is 5.69 Å². The van der Waals surface area contributed by atoms with E-state index in [1.54, 1.807) is 37.4 Å². The average Bonchev–Trinajstić information content (AvgIpc) is 2.62. The van der Waals surface area contributed by atoms with Crippen molar-refractivity contribution in [1.82, 2.24) is 0 Å². The van der Waals surface area contributed by atoms with Gasteiger partial charge in [-0.2, -0.15) is 0 Å². The van der Waals surface area contributed by atoms with Gasteiger partial charge in [0.1, 0.15) is 11.5 Å². The predicted molar refractivity (Wildman–Crippen MR) is 94.0 cm³/mol. The number of hydrogen-bond acceptors (Lipinski definition) is 5. The van der Waals surface area contributed by atoms with Gasteiger partial charge in [-0.15, -0.1) is 0 Å². The third-order valence-electron chi connectivity index (χ3n) is 3.66. The van der Waals surface area contributed by atoms with Gasteiger partial charge in [0.2, 0.25) is 0 Å². The molecule has 0 bridgehead atoms. The minimum absolute atomic E-state index is 0.275. The Labute approximate surface area is 146 Å². The highest BCUT2D eigenvalue weighted by Gasteiger charge is 2.10. The van der Waals surface area contributed by atoms with Crippen molar-refractivity contribution in [3.8, 4) is 11.5 Å². The zero-order chi connectivity index (χ0) is 18.2. The number of hydrogen-bond donors (Lipinski definition) is 1. The number of nitrogens with one attached hydrogen (secondary N) is 1. The van der Waals surface area contributed by atoms with Crippen LogP contribution in [0.3, 0.4) is 0 Å². The predicted octanol–water partition coefficient (Wildman–Crippen LogP) is 2.87. The Morgan fingerprint density at radius 3 is 2.32 bits per heavy atom. The fraction of sp³-hybridized carbons (Fsp3) is 0.263. The van der Waals surface area contributed by atoms with Crippen LogP contribution in [0.2, 0.25) is 0 Å². The molecule has 0 heterocycles. The molecule has 0 aliphatic rings. The van der Waals surface area contributed by atoms with Crippen molar-refractivity contribution < 1.29 is 23.8 Å². The van der Waals surface area contributed by atoms with Gasteiger partial charge in [0.25, 0.3) is 5.91 Å². The Kier molecular flexibility index (Phi) is 6.39. The van der Waals surface area contributed by atoms with Crippen LogP contribution in [0.25, 0.3) is 0 Å². The molecule has 6 nitrogen and oxygen atoms in total. The molecule has 2 rings (SSSR count). The Morgan fingerprint density at radius 1 is 0.960 bits per heavy atom. The summed E-state index contributed by atoms with van der Waals surface area (Å²) in [5.41, 5.74) is 2.75. The largest absolute Gasteiger partial charge is 0.497 e.